The van der Waals surface area contributed by atoms with Gasteiger partial charge in [-0.2, -0.15) is 0 Å². The highest BCUT2D eigenvalue weighted by atomic mass is 16.5. The number of rotatable bonds is 6. The number of hydrogen-bond donors (Lipinski definition) is 1. The number of aryl methyl sites for hydroxylation is 1. The van der Waals surface area contributed by atoms with E-state index in [-0.39, 0.29) is 0 Å². The summed E-state index contributed by atoms with van der Waals surface area (Å²) in [6, 6.07) is 14.0. The predicted molar refractivity (Wildman–Crippen MR) is 92.8 cm³/mol. The van der Waals surface area contributed by atoms with Gasteiger partial charge < -0.3 is 19.8 Å². The molecule has 4 heteroatoms. The molecule has 23 heavy (non-hydrogen) atoms. The van der Waals surface area contributed by atoms with Gasteiger partial charge in [0.2, 0.25) is 0 Å². The third-order valence-electron chi connectivity index (χ3n) is 4.04. The molecule has 4 nitrogen and oxygen atoms in total. The molecule has 120 valence electrons. The maximum absolute atomic E-state index is 5.94. The molecule has 2 N–H and O–H groups in total. The van der Waals surface area contributed by atoms with Crippen LogP contribution in [0, 0.1) is 0 Å². The summed E-state index contributed by atoms with van der Waals surface area (Å²) in [7, 11) is 1.66. The number of fused-ring (bicyclic) bond motifs is 1. The van der Waals surface area contributed by atoms with Gasteiger partial charge in [-0.1, -0.05) is 18.2 Å². The summed E-state index contributed by atoms with van der Waals surface area (Å²) in [4.78, 5) is 0. The normalized spacial score (nSPS) is 10.9. The lowest BCUT2D eigenvalue weighted by Gasteiger charge is -2.07. The van der Waals surface area contributed by atoms with Crippen molar-refractivity contribution < 1.29 is 9.47 Å². The highest BCUT2D eigenvalue weighted by Gasteiger charge is 2.09. The molecule has 2 aromatic carbocycles. The van der Waals surface area contributed by atoms with Crippen molar-refractivity contribution in [2.24, 2.45) is 5.73 Å². The minimum atomic E-state index is 0.526. The quantitative estimate of drug-likeness (QED) is 0.755. The van der Waals surface area contributed by atoms with Crippen LogP contribution in [0.15, 0.2) is 48.7 Å². The number of hydrogen-bond acceptors (Lipinski definition) is 3. The number of nitrogens with two attached hydrogens (primary N) is 1. The van der Waals surface area contributed by atoms with E-state index in [0.717, 1.165) is 23.6 Å². The molecule has 0 saturated carbocycles. The predicted octanol–water partition coefficient (Wildman–Crippen LogP) is 3.71. The molecule has 0 aliphatic carbocycles. The SMILES string of the molecule is CCn1cc(COc2cccc(OC)c2)c2ccc(CN)cc21. The average Bonchev–Trinajstić information content (AvgIpc) is 2.97. The van der Waals surface area contributed by atoms with Gasteiger partial charge in [-0.15, -0.1) is 0 Å². The van der Waals surface area contributed by atoms with Crippen molar-refractivity contribution >= 4 is 10.9 Å². The molecule has 3 aromatic rings. The van der Waals surface area contributed by atoms with Crippen LogP contribution >= 0.6 is 0 Å². The van der Waals surface area contributed by atoms with Crippen LogP contribution in [0.3, 0.4) is 0 Å². The highest BCUT2D eigenvalue weighted by Crippen LogP contribution is 2.25. The van der Waals surface area contributed by atoms with Crippen molar-refractivity contribution in [1.82, 2.24) is 4.57 Å². The van der Waals surface area contributed by atoms with Gasteiger partial charge in [0.15, 0.2) is 0 Å². The molecule has 0 saturated heterocycles. The Morgan fingerprint density at radius 2 is 1.91 bits per heavy atom. The van der Waals surface area contributed by atoms with Crippen molar-refractivity contribution in [3.05, 3.63) is 59.8 Å². The first-order valence-electron chi connectivity index (χ1n) is 7.82. The molecule has 0 atom stereocenters. The molecule has 1 aromatic heterocycles. The largest absolute Gasteiger partial charge is 0.497 e. The average molecular weight is 310 g/mol. The van der Waals surface area contributed by atoms with Gasteiger partial charge in [-0.3, -0.25) is 0 Å². The Morgan fingerprint density at radius 1 is 1.09 bits per heavy atom. The Balaban J connectivity index is 1.87. The van der Waals surface area contributed by atoms with Gasteiger partial charge in [0, 0.05) is 41.8 Å². The molecule has 3 rings (SSSR count). The van der Waals surface area contributed by atoms with Gasteiger partial charge >= 0.3 is 0 Å². The number of nitrogens with zero attached hydrogens (tertiary/aromatic N) is 1. The Bertz CT molecular complexity index is 808. The van der Waals surface area contributed by atoms with Crippen LogP contribution in [0.1, 0.15) is 18.1 Å². The number of aromatic nitrogens is 1. The zero-order valence-corrected chi connectivity index (χ0v) is 13.6. The lowest BCUT2D eigenvalue weighted by atomic mass is 10.1. The number of methoxy groups -OCH3 is 1. The molecule has 0 bridgehead atoms. The van der Waals surface area contributed by atoms with Gasteiger partial charge in [0.05, 0.1) is 7.11 Å². The summed E-state index contributed by atoms with van der Waals surface area (Å²) in [5.74, 6) is 1.60. The molecular formula is C19H22N2O2. The van der Waals surface area contributed by atoms with E-state index in [4.69, 9.17) is 15.2 Å². The first-order chi connectivity index (χ1) is 11.2. The van der Waals surface area contributed by atoms with Crippen LogP contribution < -0.4 is 15.2 Å². The number of ether oxygens (including phenoxy) is 2. The van der Waals surface area contributed by atoms with Gasteiger partial charge in [-0.05, 0) is 30.7 Å². The molecule has 1 heterocycles. The third kappa shape index (κ3) is 3.17. The van der Waals surface area contributed by atoms with E-state index >= 15 is 0 Å². The Kier molecular flexibility index (Phi) is 4.53. The molecule has 0 spiro atoms. The van der Waals surface area contributed by atoms with Crippen molar-refractivity contribution in [1.29, 1.82) is 0 Å². The fraction of sp³-hybridized carbons (Fsp3) is 0.263. The monoisotopic (exact) mass is 310 g/mol. The minimum absolute atomic E-state index is 0.526. The first kappa shape index (κ1) is 15.4. The van der Waals surface area contributed by atoms with Gasteiger partial charge in [0.1, 0.15) is 18.1 Å². The minimum Gasteiger partial charge on any atom is -0.497 e. The second kappa shape index (κ2) is 6.75. The van der Waals surface area contributed by atoms with Crippen LogP contribution in [-0.2, 0) is 19.7 Å². The lowest BCUT2D eigenvalue weighted by Crippen LogP contribution is -1.97. The highest BCUT2D eigenvalue weighted by molar-refractivity contribution is 5.84. The van der Waals surface area contributed by atoms with Crippen molar-refractivity contribution in [2.75, 3.05) is 7.11 Å². The molecule has 0 aliphatic rings. The third-order valence-corrected chi connectivity index (χ3v) is 4.04. The maximum Gasteiger partial charge on any atom is 0.123 e. The standard InChI is InChI=1S/C19H22N2O2/c1-3-21-12-15(18-8-7-14(11-20)9-19(18)21)13-23-17-6-4-5-16(10-17)22-2/h4-10,12H,3,11,13,20H2,1-2H3. The smallest absolute Gasteiger partial charge is 0.123 e. The molecule has 0 amide bonds. The first-order valence-corrected chi connectivity index (χ1v) is 7.82. The number of benzene rings is 2. The van der Waals surface area contributed by atoms with Crippen LogP contribution in [-0.4, -0.2) is 11.7 Å². The van der Waals surface area contributed by atoms with Crippen LogP contribution in [0.4, 0.5) is 0 Å². The van der Waals surface area contributed by atoms with E-state index in [9.17, 15) is 0 Å². The summed E-state index contributed by atoms with van der Waals surface area (Å²) >= 11 is 0. The van der Waals surface area contributed by atoms with E-state index < -0.39 is 0 Å². The van der Waals surface area contributed by atoms with E-state index in [2.05, 4.69) is 35.9 Å². The topological polar surface area (TPSA) is 49.4 Å². The van der Waals surface area contributed by atoms with Crippen molar-refractivity contribution in [2.45, 2.75) is 26.6 Å². The molecule has 0 fully saturated rings. The summed E-state index contributed by atoms with van der Waals surface area (Å²) in [6.45, 7) is 4.14. The van der Waals surface area contributed by atoms with Gasteiger partial charge in [-0.25, -0.2) is 0 Å². The Hall–Kier alpha value is -2.46. The van der Waals surface area contributed by atoms with Crippen LogP contribution in [0.25, 0.3) is 10.9 Å². The molecule has 0 aliphatic heterocycles. The van der Waals surface area contributed by atoms with Gasteiger partial charge in [0.25, 0.3) is 0 Å². The Morgan fingerprint density at radius 3 is 2.65 bits per heavy atom. The maximum atomic E-state index is 5.94. The van der Waals surface area contributed by atoms with E-state index in [1.807, 2.05) is 24.3 Å². The van der Waals surface area contributed by atoms with Crippen molar-refractivity contribution in [3.63, 3.8) is 0 Å². The van der Waals surface area contributed by atoms with Crippen LogP contribution in [0.2, 0.25) is 0 Å². The van der Waals surface area contributed by atoms with E-state index in [0.29, 0.717) is 13.2 Å². The fourth-order valence-corrected chi connectivity index (χ4v) is 2.77. The molecule has 0 radical (unpaired) electrons. The Labute approximate surface area is 136 Å². The zero-order chi connectivity index (χ0) is 16.2. The summed E-state index contributed by atoms with van der Waals surface area (Å²) in [5.41, 5.74) is 9.28. The molecular weight excluding hydrogens is 288 g/mol. The second-order valence-electron chi connectivity index (χ2n) is 5.46. The zero-order valence-electron chi connectivity index (χ0n) is 13.6. The second-order valence-corrected chi connectivity index (χ2v) is 5.46. The van der Waals surface area contributed by atoms with E-state index in [1.165, 1.54) is 16.5 Å². The summed E-state index contributed by atoms with van der Waals surface area (Å²) in [6.07, 6.45) is 2.16. The van der Waals surface area contributed by atoms with Crippen LogP contribution in [0.5, 0.6) is 11.5 Å². The molecule has 0 unspecified atom stereocenters. The fourth-order valence-electron chi connectivity index (χ4n) is 2.77. The van der Waals surface area contributed by atoms with Crippen molar-refractivity contribution in [3.8, 4) is 11.5 Å². The summed E-state index contributed by atoms with van der Waals surface area (Å²) in [5, 5.41) is 1.21. The van der Waals surface area contributed by atoms with E-state index in [1.54, 1.807) is 7.11 Å². The summed E-state index contributed by atoms with van der Waals surface area (Å²) < 4.78 is 13.4. The lowest BCUT2D eigenvalue weighted by molar-refractivity contribution is 0.304.